The van der Waals surface area contributed by atoms with Gasteiger partial charge in [-0.05, 0) is 105 Å². The summed E-state index contributed by atoms with van der Waals surface area (Å²) in [4.78, 5) is 7.97. The summed E-state index contributed by atoms with van der Waals surface area (Å²) in [6.07, 6.45) is 0.842. The van der Waals surface area contributed by atoms with Gasteiger partial charge in [-0.25, -0.2) is 4.98 Å². The fraction of sp³-hybridized carbons (Fsp3) is 0.0702. The molecule has 0 spiro atoms. The summed E-state index contributed by atoms with van der Waals surface area (Å²) >= 11 is 0. The van der Waals surface area contributed by atoms with Gasteiger partial charge in [0.15, 0.2) is 0 Å². The highest BCUT2D eigenvalue weighted by Crippen LogP contribution is 2.54. The lowest BCUT2D eigenvalue weighted by atomic mass is 9.82. The average Bonchev–Trinajstić information content (AvgIpc) is 3.92. The topological polar surface area (TPSA) is 25.5 Å². The maximum absolute atomic E-state index is 5.51. The number of nitrogens with zero attached hydrogens (tertiary/aromatic N) is 4. The third-order valence-electron chi connectivity index (χ3n) is 12.9. The van der Waals surface area contributed by atoms with Crippen molar-refractivity contribution in [2.45, 2.75) is 25.7 Å². The number of para-hydroxylation sites is 1. The second-order valence-electron chi connectivity index (χ2n) is 16.8. The maximum Gasteiger partial charge on any atom is 0.220 e. The molecule has 4 nitrogen and oxygen atoms in total. The van der Waals surface area contributed by atoms with Crippen LogP contribution in [0.4, 0.5) is 17.1 Å². The van der Waals surface area contributed by atoms with Gasteiger partial charge in [0.2, 0.25) is 5.78 Å². The molecule has 0 saturated carbocycles. The lowest BCUT2D eigenvalue weighted by Crippen LogP contribution is -2.16. The molecule has 12 rings (SSSR count). The van der Waals surface area contributed by atoms with Crippen LogP contribution in [0.1, 0.15) is 36.1 Å². The van der Waals surface area contributed by atoms with E-state index in [1.165, 1.54) is 55.3 Å². The molecule has 290 valence electrons. The fourth-order valence-corrected chi connectivity index (χ4v) is 10.1. The van der Waals surface area contributed by atoms with Crippen LogP contribution in [-0.2, 0) is 11.8 Å². The van der Waals surface area contributed by atoms with Crippen molar-refractivity contribution in [1.29, 1.82) is 0 Å². The zero-order valence-electron chi connectivity index (χ0n) is 34.1. The molecule has 1 aliphatic carbocycles. The standard InChI is InChI=1S/C57H42N4/c1-57(2)48-26-15-14-25-47(48)54-49(57)27-16-28-52(54)59(43-31-29-40(30-32-43)39-19-8-4-9-20-39)44-33-34-51-53(37-44)60(42-21-10-5-11-22-42)56-58-50-36-41(35-38-17-6-3-7-18-38)45-23-12-13-24-46(45)55(50)61(51)56/h3-34,36-37H,35H2,1-2H3. The monoisotopic (exact) mass is 782 g/mol. The van der Waals surface area contributed by atoms with Crippen LogP contribution >= 0.6 is 0 Å². The van der Waals surface area contributed by atoms with Gasteiger partial charge in [0.1, 0.15) is 0 Å². The normalized spacial score (nSPS) is 13.0. The summed E-state index contributed by atoms with van der Waals surface area (Å²) in [5.41, 5.74) is 18.8. The summed E-state index contributed by atoms with van der Waals surface area (Å²) in [5.74, 6) is 0.894. The van der Waals surface area contributed by atoms with Crippen LogP contribution in [0.15, 0.2) is 206 Å². The van der Waals surface area contributed by atoms with Gasteiger partial charge in [0.25, 0.3) is 0 Å². The van der Waals surface area contributed by atoms with Crippen LogP contribution in [0.25, 0.3) is 66.6 Å². The van der Waals surface area contributed by atoms with Gasteiger partial charge in [-0.15, -0.1) is 0 Å². The number of imidazole rings is 2. The van der Waals surface area contributed by atoms with Gasteiger partial charge in [-0.2, -0.15) is 0 Å². The average molecular weight is 783 g/mol. The minimum atomic E-state index is -0.132. The second kappa shape index (κ2) is 13.7. The Labute approximate surface area is 355 Å². The molecule has 2 aromatic heterocycles. The lowest BCUT2D eigenvalue weighted by molar-refractivity contribution is 0.660. The number of aromatic nitrogens is 3. The van der Waals surface area contributed by atoms with E-state index in [0.29, 0.717) is 0 Å². The van der Waals surface area contributed by atoms with Gasteiger partial charge in [-0.1, -0.05) is 166 Å². The SMILES string of the molecule is CC1(C)c2ccccc2-c2c(N(c3ccc(-c4ccccc4)cc3)c3ccc4c(c3)n(-c3ccccc3)c3nc5cc(Cc6ccccc6)c6ccccc6c5n43)cccc21. The Morgan fingerprint density at radius 1 is 0.525 bits per heavy atom. The first-order chi connectivity index (χ1) is 30.0. The van der Waals surface area contributed by atoms with Crippen molar-refractivity contribution >= 4 is 55.7 Å². The molecule has 0 amide bonds. The van der Waals surface area contributed by atoms with Crippen LogP contribution in [0.5, 0.6) is 0 Å². The Bertz CT molecular complexity index is 3450. The van der Waals surface area contributed by atoms with Crippen LogP contribution in [0, 0.1) is 0 Å². The summed E-state index contributed by atoms with van der Waals surface area (Å²) in [6.45, 7) is 4.71. The molecule has 61 heavy (non-hydrogen) atoms. The third-order valence-corrected chi connectivity index (χ3v) is 12.9. The highest BCUT2D eigenvalue weighted by atomic mass is 15.2. The Morgan fingerprint density at radius 3 is 1.95 bits per heavy atom. The maximum atomic E-state index is 5.51. The molecular formula is C57H42N4. The molecule has 0 saturated heterocycles. The molecule has 9 aromatic carbocycles. The van der Waals surface area contributed by atoms with E-state index in [0.717, 1.165) is 57.0 Å². The highest BCUT2D eigenvalue weighted by molar-refractivity contribution is 6.10. The van der Waals surface area contributed by atoms with Gasteiger partial charge in [-0.3, -0.25) is 8.97 Å². The molecule has 11 aromatic rings. The van der Waals surface area contributed by atoms with Gasteiger partial charge in [0.05, 0.1) is 27.8 Å². The summed E-state index contributed by atoms with van der Waals surface area (Å²) in [6, 6.07) is 75.0. The Balaban J connectivity index is 1.12. The van der Waals surface area contributed by atoms with Gasteiger partial charge >= 0.3 is 0 Å². The summed E-state index contributed by atoms with van der Waals surface area (Å²) in [7, 11) is 0. The Hall–Kier alpha value is -7.69. The third kappa shape index (κ3) is 5.49. The van der Waals surface area contributed by atoms with Crippen molar-refractivity contribution in [3.8, 4) is 27.9 Å². The number of fused-ring (bicyclic) bond motifs is 10. The zero-order valence-corrected chi connectivity index (χ0v) is 34.1. The molecule has 4 heteroatoms. The quantitative estimate of drug-likeness (QED) is 0.161. The molecule has 0 N–H and O–H groups in total. The van der Waals surface area contributed by atoms with Crippen LogP contribution in [0.3, 0.4) is 0 Å². The minimum Gasteiger partial charge on any atom is -0.310 e. The number of benzene rings is 9. The molecule has 0 fully saturated rings. The largest absolute Gasteiger partial charge is 0.310 e. The van der Waals surface area contributed by atoms with Crippen molar-refractivity contribution in [1.82, 2.24) is 14.0 Å². The zero-order chi connectivity index (χ0) is 40.7. The van der Waals surface area contributed by atoms with Crippen LogP contribution in [-0.4, -0.2) is 14.0 Å². The molecule has 2 heterocycles. The van der Waals surface area contributed by atoms with Gasteiger partial charge < -0.3 is 4.90 Å². The Kier molecular flexibility index (Phi) is 7.91. The number of hydrogen-bond acceptors (Lipinski definition) is 2. The molecule has 1 aliphatic rings. The van der Waals surface area contributed by atoms with E-state index in [1.807, 2.05) is 0 Å². The lowest BCUT2D eigenvalue weighted by Gasteiger charge is -2.29. The van der Waals surface area contributed by atoms with Gasteiger partial charge in [0, 0.05) is 33.4 Å². The van der Waals surface area contributed by atoms with E-state index in [9.17, 15) is 0 Å². The summed E-state index contributed by atoms with van der Waals surface area (Å²) in [5, 5.41) is 2.46. The van der Waals surface area contributed by atoms with E-state index in [2.05, 4.69) is 234 Å². The molecule has 0 radical (unpaired) electrons. The van der Waals surface area contributed by atoms with Crippen molar-refractivity contribution in [2.24, 2.45) is 0 Å². The first-order valence-corrected chi connectivity index (χ1v) is 21.2. The van der Waals surface area contributed by atoms with Crippen LogP contribution in [0.2, 0.25) is 0 Å². The first-order valence-electron chi connectivity index (χ1n) is 21.2. The number of rotatable bonds is 7. The van der Waals surface area contributed by atoms with E-state index in [-0.39, 0.29) is 5.41 Å². The fourth-order valence-electron chi connectivity index (χ4n) is 10.1. The van der Waals surface area contributed by atoms with E-state index in [1.54, 1.807) is 0 Å². The minimum absolute atomic E-state index is 0.132. The Morgan fingerprint density at radius 2 is 1.16 bits per heavy atom. The molecule has 0 aliphatic heterocycles. The molecular weight excluding hydrogens is 741 g/mol. The second-order valence-corrected chi connectivity index (χ2v) is 16.8. The smallest absolute Gasteiger partial charge is 0.220 e. The van der Waals surface area contributed by atoms with Crippen LogP contribution < -0.4 is 4.90 Å². The van der Waals surface area contributed by atoms with Crippen molar-refractivity contribution in [3.05, 3.63) is 229 Å². The van der Waals surface area contributed by atoms with E-state index in [4.69, 9.17) is 4.98 Å². The first kappa shape index (κ1) is 35.3. The van der Waals surface area contributed by atoms with E-state index < -0.39 is 0 Å². The van der Waals surface area contributed by atoms with E-state index >= 15 is 0 Å². The number of anilines is 3. The number of hydrogen-bond donors (Lipinski definition) is 0. The van der Waals surface area contributed by atoms with Crippen molar-refractivity contribution in [3.63, 3.8) is 0 Å². The predicted molar refractivity (Wildman–Crippen MR) is 254 cm³/mol. The van der Waals surface area contributed by atoms with Crippen molar-refractivity contribution < 1.29 is 0 Å². The molecule has 0 unspecified atom stereocenters. The van der Waals surface area contributed by atoms with Crippen molar-refractivity contribution in [2.75, 3.05) is 4.90 Å². The molecule has 0 bridgehead atoms. The highest BCUT2D eigenvalue weighted by Gasteiger charge is 2.38. The summed E-state index contributed by atoms with van der Waals surface area (Å²) < 4.78 is 4.73. The predicted octanol–water partition coefficient (Wildman–Crippen LogP) is 14.6. The molecule has 0 atom stereocenters.